The molecule has 218 valence electrons. The molecule has 4 rings (SSSR count). The highest BCUT2D eigenvalue weighted by Gasteiger charge is 2.39. The van der Waals surface area contributed by atoms with Crippen LogP contribution in [-0.4, -0.2) is 72.6 Å². The molecule has 2 heterocycles. The fourth-order valence-corrected chi connectivity index (χ4v) is 4.94. The summed E-state index contributed by atoms with van der Waals surface area (Å²) < 4.78 is 5.56. The van der Waals surface area contributed by atoms with Crippen molar-refractivity contribution in [2.45, 2.75) is 38.4 Å². The summed E-state index contributed by atoms with van der Waals surface area (Å²) >= 11 is 6.39. The summed E-state index contributed by atoms with van der Waals surface area (Å²) in [4.78, 5) is 55.5. The molecule has 1 atom stereocenters. The number of nitrogens with one attached hydrogen (secondary N) is 4. The topological polar surface area (TPSA) is 179 Å². The summed E-state index contributed by atoms with van der Waals surface area (Å²) in [6, 6.07) is 9.39. The van der Waals surface area contributed by atoms with Gasteiger partial charge in [0.2, 0.25) is 17.8 Å². The quantitative estimate of drug-likeness (QED) is 0.0869. The van der Waals surface area contributed by atoms with Gasteiger partial charge >= 0.3 is 6.03 Å². The van der Waals surface area contributed by atoms with Crippen LogP contribution in [0.4, 0.5) is 10.5 Å². The molecule has 0 radical (unpaired) electrons. The van der Waals surface area contributed by atoms with E-state index in [-0.39, 0.29) is 37.3 Å². The molecule has 41 heavy (non-hydrogen) atoms. The SMILES string of the molecule is CON(CCOCCc1ccc(NC(=O)NCc2ccc3c(c2)CN(C2CCC(=O)NC2=O)C3=O)cc1Cl)C(=N)N. The Morgan fingerprint density at radius 1 is 1.22 bits per heavy atom. The Bertz CT molecular complexity index is 1350. The maximum absolute atomic E-state index is 12.8. The van der Waals surface area contributed by atoms with Gasteiger partial charge in [-0.05, 0) is 47.7 Å². The average molecular weight is 586 g/mol. The van der Waals surface area contributed by atoms with E-state index in [2.05, 4.69) is 16.0 Å². The first-order valence-corrected chi connectivity index (χ1v) is 13.4. The number of fused-ring (bicyclic) bond motifs is 1. The molecule has 1 unspecified atom stereocenters. The molecule has 0 spiro atoms. The van der Waals surface area contributed by atoms with Gasteiger partial charge in [0.1, 0.15) is 6.04 Å². The predicted octanol–water partition coefficient (Wildman–Crippen LogP) is 1.74. The minimum absolute atomic E-state index is 0.195. The molecule has 2 aliphatic heterocycles. The van der Waals surface area contributed by atoms with Crippen molar-refractivity contribution in [3.05, 3.63) is 63.7 Å². The van der Waals surface area contributed by atoms with Gasteiger partial charge in [-0.3, -0.25) is 29.9 Å². The van der Waals surface area contributed by atoms with E-state index in [9.17, 15) is 19.2 Å². The Balaban J connectivity index is 1.23. The van der Waals surface area contributed by atoms with Crippen molar-refractivity contribution in [1.82, 2.24) is 20.6 Å². The number of guanidine groups is 1. The number of amides is 5. The molecule has 5 amide bonds. The van der Waals surface area contributed by atoms with E-state index >= 15 is 0 Å². The second kappa shape index (κ2) is 13.4. The van der Waals surface area contributed by atoms with Crippen molar-refractivity contribution in [3.8, 4) is 0 Å². The highest BCUT2D eigenvalue weighted by Crippen LogP contribution is 2.28. The van der Waals surface area contributed by atoms with E-state index in [4.69, 9.17) is 32.3 Å². The number of benzene rings is 2. The van der Waals surface area contributed by atoms with Gasteiger partial charge in [0.15, 0.2) is 0 Å². The number of ether oxygens (including phenoxy) is 1. The van der Waals surface area contributed by atoms with Crippen molar-refractivity contribution in [1.29, 1.82) is 5.41 Å². The van der Waals surface area contributed by atoms with Crippen LogP contribution < -0.4 is 21.7 Å². The number of piperidine rings is 1. The molecule has 1 fully saturated rings. The Kier molecular flexibility index (Phi) is 9.76. The number of nitrogens with two attached hydrogens (primary N) is 1. The summed E-state index contributed by atoms with van der Waals surface area (Å²) in [5.74, 6) is -1.23. The van der Waals surface area contributed by atoms with E-state index in [1.165, 1.54) is 17.1 Å². The van der Waals surface area contributed by atoms with Crippen LogP contribution in [0.5, 0.6) is 0 Å². The Labute approximate surface area is 241 Å². The molecule has 0 aromatic heterocycles. The normalized spacial score (nSPS) is 16.3. The van der Waals surface area contributed by atoms with Crippen molar-refractivity contribution in [2.75, 3.05) is 32.2 Å². The van der Waals surface area contributed by atoms with Crippen molar-refractivity contribution < 1.29 is 28.8 Å². The Morgan fingerprint density at radius 2 is 2.02 bits per heavy atom. The summed E-state index contributed by atoms with van der Waals surface area (Å²) in [5.41, 5.74) is 8.82. The molecular weight excluding hydrogens is 554 g/mol. The zero-order chi connectivity index (χ0) is 29.5. The molecule has 0 bridgehead atoms. The number of hydrogen-bond acceptors (Lipinski definition) is 7. The third kappa shape index (κ3) is 7.51. The van der Waals surface area contributed by atoms with Crippen LogP contribution in [0.3, 0.4) is 0 Å². The Morgan fingerprint density at radius 3 is 2.73 bits per heavy atom. The maximum atomic E-state index is 12.8. The molecule has 14 heteroatoms. The van der Waals surface area contributed by atoms with Crippen LogP contribution in [0.1, 0.15) is 39.9 Å². The molecular formula is C27H32ClN7O6. The lowest BCUT2D eigenvalue weighted by molar-refractivity contribution is -0.136. The average Bonchev–Trinajstić information content (AvgIpc) is 3.25. The number of anilines is 1. The minimum Gasteiger partial charge on any atom is -0.379 e. The minimum atomic E-state index is -0.676. The third-order valence-electron chi connectivity index (χ3n) is 6.80. The maximum Gasteiger partial charge on any atom is 0.319 e. The van der Waals surface area contributed by atoms with Gasteiger partial charge in [0.25, 0.3) is 5.91 Å². The first kappa shape index (κ1) is 29.8. The van der Waals surface area contributed by atoms with Crippen LogP contribution in [0.15, 0.2) is 36.4 Å². The highest BCUT2D eigenvalue weighted by molar-refractivity contribution is 6.31. The zero-order valence-corrected chi connectivity index (χ0v) is 23.3. The summed E-state index contributed by atoms with van der Waals surface area (Å²) in [7, 11) is 1.42. The fraction of sp³-hybridized carbons (Fsp3) is 0.370. The van der Waals surface area contributed by atoms with Crippen molar-refractivity contribution in [3.63, 3.8) is 0 Å². The molecule has 0 aliphatic carbocycles. The van der Waals surface area contributed by atoms with Crippen LogP contribution in [0.25, 0.3) is 0 Å². The standard InChI is InChI=1S/C27H32ClN7O6/c1-40-35(26(29)30)9-11-41-10-8-17-3-4-19(13-21(17)28)32-27(39)31-14-16-2-5-20-18(12-16)15-34(25(20)38)22-6-7-23(36)33-24(22)37/h2-5,12-13,22H,6-11,14-15H2,1H3,(H3,29,30)(H2,31,32,39)(H,33,36,37). The lowest BCUT2D eigenvalue weighted by Gasteiger charge is -2.29. The van der Waals surface area contributed by atoms with Gasteiger partial charge in [-0.1, -0.05) is 29.8 Å². The molecule has 1 saturated heterocycles. The largest absolute Gasteiger partial charge is 0.379 e. The third-order valence-corrected chi connectivity index (χ3v) is 7.15. The van der Waals surface area contributed by atoms with Gasteiger partial charge in [0.05, 0.1) is 26.9 Å². The van der Waals surface area contributed by atoms with Crippen LogP contribution in [-0.2, 0) is 38.7 Å². The van der Waals surface area contributed by atoms with Gasteiger partial charge < -0.3 is 26.0 Å². The van der Waals surface area contributed by atoms with Gasteiger partial charge in [-0.15, -0.1) is 0 Å². The number of rotatable bonds is 11. The van der Waals surface area contributed by atoms with Crippen LogP contribution >= 0.6 is 11.6 Å². The Hall–Kier alpha value is -4.20. The number of halogens is 1. The van der Waals surface area contributed by atoms with Crippen molar-refractivity contribution >= 4 is 47.0 Å². The summed E-state index contributed by atoms with van der Waals surface area (Å²) in [6.45, 7) is 1.53. The molecule has 13 nitrogen and oxygen atoms in total. The van der Waals surface area contributed by atoms with Crippen molar-refractivity contribution in [2.24, 2.45) is 5.73 Å². The summed E-state index contributed by atoms with van der Waals surface area (Å²) in [6.07, 6.45) is 1.05. The number of hydroxylamine groups is 2. The summed E-state index contributed by atoms with van der Waals surface area (Å²) in [5, 5.41) is 16.9. The van der Waals surface area contributed by atoms with E-state index in [1.54, 1.807) is 24.3 Å². The fourth-order valence-electron chi connectivity index (χ4n) is 4.66. The van der Waals surface area contributed by atoms with E-state index in [1.807, 2.05) is 12.1 Å². The lowest BCUT2D eigenvalue weighted by Crippen LogP contribution is -2.52. The monoisotopic (exact) mass is 585 g/mol. The molecule has 6 N–H and O–H groups in total. The number of carbonyl (C=O) groups excluding carboxylic acids is 4. The van der Waals surface area contributed by atoms with Gasteiger partial charge in [-0.25, -0.2) is 9.86 Å². The molecule has 2 aromatic carbocycles. The van der Waals surface area contributed by atoms with Gasteiger partial charge in [-0.2, -0.15) is 0 Å². The highest BCUT2D eigenvalue weighted by atomic mass is 35.5. The van der Waals surface area contributed by atoms with E-state index < -0.39 is 18.0 Å². The number of hydrogen-bond donors (Lipinski definition) is 5. The van der Waals surface area contributed by atoms with Crippen LogP contribution in [0, 0.1) is 5.41 Å². The molecule has 2 aliphatic rings. The molecule has 2 aromatic rings. The zero-order valence-electron chi connectivity index (χ0n) is 22.5. The van der Waals surface area contributed by atoms with E-state index in [0.29, 0.717) is 48.9 Å². The van der Waals surface area contributed by atoms with Gasteiger partial charge in [0, 0.05) is 35.8 Å². The number of imide groups is 1. The van der Waals surface area contributed by atoms with E-state index in [0.717, 1.165) is 16.7 Å². The lowest BCUT2D eigenvalue weighted by atomic mass is 10.0. The number of urea groups is 1. The number of carbonyl (C=O) groups is 4. The second-order valence-corrected chi connectivity index (χ2v) is 9.94. The predicted molar refractivity (Wildman–Crippen MR) is 150 cm³/mol. The first-order valence-electron chi connectivity index (χ1n) is 13.0. The second-order valence-electron chi connectivity index (χ2n) is 9.54. The smallest absolute Gasteiger partial charge is 0.319 e. The van der Waals surface area contributed by atoms with Crippen LogP contribution in [0.2, 0.25) is 5.02 Å². The molecule has 0 saturated carbocycles. The number of nitrogens with zero attached hydrogens (tertiary/aromatic N) is 2. The first-order chi connectivity index (χ1) is 19.7.